The quantitative estimate of drug-likeness (QED) is 0.859. The normalized spacial score (nSPS) is 17.1. The first kappa shape index (κ1) is 16.9. The van der Waals surface area contributed by atoms with Crippen molar-refractivity contribution in [3.63, 3.8) is 0 Å². The van der Waals surface area contributed by atoms with E-state index in [2.05, 4.69) is 10.3 Å². The third kappa shape index (κ3) is 3.57. The maximum Gasteiger partial charge on any atom is 0.237 e. The Hall–Kier alpha value is -1.99. The maximum atomic E-state index is 13.3. The number of amides is 1. The van der Waals surface area contributed by atoms with Gasteiger partial charge in [0.2, 0.25) is 5.91 Å². The summed E-state index contributed by atoms with van der Waals surface area (Å²) in [7, 11) is 1.85. The predicted molar refractivity (Wildman–Crippen MR) is 88.9 cm³/mol. The molecule has 1 saturated heterocycles. The fourth-order valence-electron chi connectivity index (χ4n) is 3.14. The smallest absolute Gasteiger partial charge is 0.237 e. The first-order valence-electron chi connectivity index (χ1n) is 8.28. The van der Waals surface area contributed by atoms with Crippen LogP contribution in [0.4, 0.5) is 4.39 Å². The standard InChI is InChI=1S/C17H23FN4O2/c1-22-14-10-12(18)2-3-13(14)21-15(22)4-7-20-17(23)16(19)11-5-8-24-9-6-11/h2-3,10-11,16H,4-9,19H2,1H3,(H,20,23). The molecule has 1 aromatic heterocycles. The second-order valence-electron chi connectivity index (χ2n) is 6.24. The van der Waals surface area contributed by atoms with Gasteiger partial charge < -0.3 is 20.4 Å². The van der Waals surface area contributed by atoms with Gasteiger partial charge in [-0.25, -0.2) is 9.37 Å². The van der Waals surface area contributed by atoms with Crippen LogP contribution >= 0.6 is 0 Å². The fraction of sp³-hybridized carbons (Fsp3) is 0.529. The fourth-order valence-corrected chi connectivity index (χ4v) is 3.14. The number of halogens is 1. The number of hydrogen-bond acceptors (Lipinski definition) is 4. The molecule has 1 aromatic carbocycles. The van der Waals surface area contributed by atoms with Gasteiger partial charge in [-0.3, -0.25) is 4.79 Å². The van der Waals surface area contributed by atoms with E-state index in [4.69, 9.17) is 10.5 Å². The number of nitrogens with one attached hydrogen (secondary N) is 1. The van der Waals surface area contributed by atoms with Crippen LogP contribution in [0.5, 0.6) is 0 Å². The highest BCUT2D eigenvalue weighted by atomic mass is 19.1. The van der Waals surface area contributed by atoms with Gasteiger partial charge in [-0.1, -0.05) is 0 Å². The highest BCUT2D eigenvalue weighted by molar-refractivity contribution is 5.81. The van der Waals surface area contributed by atoms with Crippen LogP contribution in [0.1, 0.15) is 18.7 Å². The number of nitrogens with two attached hydrogens (primary N) is 1. The second-order valence-corrected chi connectivity index (χ2v) is 6.24. The molecule has 3 rings (SSSR count). The zero-order valence-corrected chi connectivity index (χ0v) is 13.8. The maximum absolute atomic E-state index is 13.3. The van der Waals surface area contributed by atoms with E-state index in [0.717, 1.165) is 29.7 Å². The van der Waals surface area contributed by atoms with E-state index in [1.54, 1.807) is 6.07 Å². The Labute approximate surface area is 140 Å². The minimum absolute atomic E-state index is 0.133. The van der Waals surface area contributed by atoms with Crippen LogP contribution < -0.4 is 11.1 Å². The van der Waals surface area contributed by atoms with Crippen molar-refractivity contribution in [1.29, 1.82) is 0 Å². The SMILES string of the molecule is Cn1c(CCNC(=O)C(N)C2CCOCC2)nc2ccc(F)cc21. The Morgan fingerprint density at radius 3 is 3.00 bits per heavy atom. The van der Waals surface area contributed by atoms with Gasteiger partial charge in [-0.15, -0.1) is 0 Å². The summed E-state index contributed by atoms with van der Waals surface area (Å²) < 4.78 is 20.5. The lowest BCUT2D eigenvalue weighted by Gasteiger charge is -2.26. The van der Waals surface area contributed by atoms with Crippen LogP contribution in [0, 0.1) is 11.7 Å². The molecule has 0 saturated carbocycles. The van der Waals surface area contributed by atoms with E-state index in [1.165, 1.54) is 12.1 Å². The molecule has 2 aromatic rings. The summed E-state index contributed by atoms with van der Waals surface area (Å²) in [6, 6.07) is 4.02. The van der Waals surface area contributed by atoms with Crippen LogP contribution in [0.2, 0.25) is 0 Å². The van der Waals surface area contributed by atoms with Crippen molar-refractivity contribution in [2.45, 2.75) is 25.3 Å². The molecule has 1 amide bonds. The van der Waals surface area contributed by atoms with E-state index in [0.29, 0.717) is 26.2 Å². The highest BCUT2D eigenvalue weighted by Crippen LogP contribution is 2.18. The summed E-state index contributed by atoms with van der Waals surface area (Å²) in [5.74, 6) is 0.563. The summed E-state index contributed by atoms with van der Waals surface area (Å²) in [6.07, 6.45) is 2.22. The minimum Gasteiger partial charge on any atom is -0.381 e. The molecule has 1 aliphatic rings. The molecule has 7 heteroatoms. The molecular formula is C17H23FN4O2. The Balaban J connectivity index is 1.56. The average Bonchev–Trinajstić information content (AvgIpc) is 2.91. The number of rotatable bonds is 5. The van der Waals surface area contributed by atoms with Crippen LogP contribution in [0.15, 0.2) is 18.2 Å². The van der Waals surface area contributed by atoms with Crippen molar-refractivity contribution in [3.8, 4) is 0 Å². The number of imidazole rings is 1. The monoisotopic (exact) mass is 334 g/mol. The third-order valence-corrected chi connectivity index (χ3v) is 4.66. The Kier molecular flexibility index (Phi) is 5.11. The molecule has 2 heterocycles. The molecule has 3 N–H and O–H groups in total. The molecular weight excluding hydrogens is 311 g/mol. The van der Waals surface area contributed by atoms with Crippen molar-refractivity contribution in [1.82, 2.24) is 14.9 Å². The number of aryl methyl sites for hydroxylation is 1. The summed E-state index contributed by atoms with van der Waals surface area (Å²) in [6.45, 7) is 1.79. The number of fused-ring (bicyclic) bond motifs is 1. The molecule has 6 nitrogen and oxygen atoms in total. The van der Waals surface area contributed by atoms with Gasteiger partial charge in [0.15, 0.2) is 0 Å². The Bertz CT molecular complexity index is 725. The van der Waals surface area contributed by atoms with Crippen molar-refractivity contribution < 1.29 is 13.9 Å². The predicted octanol–water partition coefficient (Wildman–Crippen LogP) is 1.12. The van der Waals surface area contributed by atoms with Crippen LogP contribution in [0.3, 0.4) is 0 Å². The van der Waals surface area contributed by atoms with E-state index >= 15 is 0 Å². The molecule has 0 aliphatic carbocycles. The van der Waals surface area contributed by atoms with Crippen LogP contribution in [0.25, 0.3) is 11.0 Å². The molecule has 1 unspecified atom stereocenters. The zero-order valence-electron chi connectivity index (χ0n) is 13.8. The van der Waals surface area contributed by atoms with Gasteiger partial charge in [0, 0.05) is 33.2 Å². The zero-order chi connectivity index (χ0) is 17.1. The molecule has 130 valence electrons. The number of carbonyl (C=O) groups excluding carboxylic acids is 1. The topological polar surface area (TPSA) is 82.2 Å². The molecule has 1 fully saturated rings. The first-order valence-corrected chi connectivity index (χ1v) is 8.28. The number of hydrogen-bond donors (Lipinski definition) is 2. The lowest BCUT2D eigenvalue weighted by molar-refractivity contribution is -0.124. The van der Waals surface area contributed by atoms with Crippen LogP contribution in [-0.4, -0.2) is 41.3 Å². The molecule has 0 bridgehead atoms. The van der Waals surface area contributed by atoms with E-state index < -0.39 is 6.04 Å². The van der Waals surface area contributed by atoms with E-state index in [9.17, 15) is 9.18 Å². The number of benzene rings is 1. The van der Waals surface area contributed by atoms with Crippen molar-refractivity contribution >= 4 is 16.9 Å². The summed E-state index contributed by atoms with van der Waals surface area (Å²) in [4.78, 5) is 16.7. The van der Waals surface area contributed by atoms with E-state index in [-0.39, 0.29) is 17.6 Å². The van der Waals surface area contributed by atoms with Crippen LogP contribution in [-0.2, 0) is 23.0 Å². The van der Waals surface area contributed by atoms with Gasteiger partial charge in [0.05, 0.1) is 17.1 Å². The third-order valence-electron chi connectivity index (χ3n) is 4.66. The van der Waals surface area contributed by atoms with Gasteiger partial charge in [-0.05, 0) is 37.0 Å². The summed E-state index contributed by atoms with van der Waals surface area (Å²) >= 11 is 0. The molecule has 0 spiro atoms. The lowest BCUT2D eigenvalue weighted by atomic mass is 9.92. The molecule has 24 heavy (non-hydrogen) atoms. The summed E-state index contributed by atoms with van der Waals surface area (Å²) in [5.41, 5.74) is 7.54. The molecule has 1 atom stereocenters. The number of ether oxygens (including phenoxy) is 1. The summed E-state index contributed by atoms with van der Waals surface area (Å²) in [5, 5.41) is 2.88. The largest absolute Gasteiger partial charge is 0.381 e. The van der Waals surface area contributed by atoms with E-state index in [1.807, 2.05) is 11.6 Å². The van der Waals surface area contributed by atoms with Crippen molar-refractivity contribution in [3.05, 3.63) is 29.8 Å². The average molecular weight is 334 g/mol. The second kappa shape index (κ2) is 7.27. The van der Waals surface area contributed by atoms with Gasteiger partial charge in [0.1, 0.15) is 11.6 Å². The molecule has 1 aliphatic heterocycles. The lowest BCUT2D eigenvalue weighted by Crippen LogP contribution is -2.47. The first-order chi connectivity index (χ1) is 11.6. The highest BCUT2D eigenvalue weighted by Gasteiger charge is 2.26. The number of aromatic nitrogens is 2. The number of nitrogens with zero attached hydrogens (tertiary/aromatic N) is 2. The minimum atomic E-state index is -0.497. The Morgan fingerprint density at radius 1 is 1.50 bits per heavy atom. The van der Waals surface area contributed by atoms with Gasteiger partial charge in [0.25, 0.3) is 0 Å². The number of carbonyl (C=O) groups is 1. The van der Waals surface area contributed by atoms with Crippen molar-refractivity contribution in [2.24, 2.45) is 18.7 Å². The van der Waals surface area contributed by atoms with Gasteiger partial charge >= 0.3 is 0 Å². The Morgan fingerprint density at radius 2 is 2.25 bits per heavy atom. The van der Waals surface area contributed by atoms with Crippen molar-refractivity contribution in [2.75, 3.05) is 19.8 Å². The van der Waals surface area contributed by atoms with Gasteiger partial charge in [-0.2, -0.15) is 0 Å². The molecule has 0 radical (unpaired) electrons.